The molecule has 7 heteroatoms. The molecule has 6 nitrogen and oxygen atoms in total. The van der Waals surface area contributed by atoms with Crippen molar-refractivity contribution in [2.24, 2.45) is 0 Å². The van der Waals surface area contributed by atoms with Gasteiger partial charge in [-0.1, -0.05) is 11.3 Å². The van der Waals surface area contributed by atoms with E-state index in [1.165, 1.54) is 11.3 Å². The van der Waals surface area contributed by atoms with Gasteiger partial charge in [0, 0.05) is 20.1 Å². The van der Waals surface area contributed by atoms with Crippen LogP contribution >= 0.6 is 11.3 Å². The Morgan fingerprint density at radius 1 is 1.44 bits per heavy atom. The number of likely N-dealkylation sites (N-methyl/N-ethyl adjacent to an activating group) is 1. The number of nitrogen functional groups attached to an aromatic ring is 1. The Morgan fingerprint density at radius 2 is 2.17 bits per heavy atom. The minimum Gasteiger partial charge on any atom is -0.375 e. The van der Waals surface area contributed by atoms with Crippen LogP contribution in [0.3, 0.4) is 0 Å². The number of carbonyl (C=O) groups excluding carboxylic acids is 2. The first kappa shape index (κ1) is 12.8. The maximum absolute atomic E-state index is 12.3. The van der Waals surface area contributed by atoms with Crippen LogP contribution in [0.25, 0.3) is 0 Å². The molecule has 0 bridgehead atoms. The third-order valence-electron chi connectivity index (χ3n) is 2.97. The molecule has 1 aliphatic rings. The number of rotatable bonds is 1. The van der Waals surface area contributed by atoms with Gasteiger partial charge < -0.3 is 15.5 Å². The first-order valence-corrected chi connectivity index (χ1v) is 6.57. The Hall–Kier alpha value is -1.63. The van der Waals surface area contributed by atoms with Crippen molar-refractivity contribution in [3.05, 3.63) is 10.6 Å². The van der Waals surface area contributed by atoms with E-state index in [1.54, 1.807) is 23.8 Å². The van der Waals surface area contributed by atoms with Crippen molar-refractivity contribution >= 4 is 28.3 Å². The molecule has 1 aromatic heterocycles. The van der Waals surface area contributed by atoms with Crippen molar-refractivity contribution < 1.29 is 9.59 Å². The highest BCUT2D eigenvalue weighted by atomic mass is 32.1. The van der Waals surface area contributed by atoms with E-state index in [-0.39, 0.29) is 18.4 Å². The van der Waals surface area contributed by atoms with Crippen molar-refractivity contribution in [2.75, 3.05) is 32.4 Å². The maximum atomic E-state index is 12.3. The van der Waals surface area contributed by atoms with Crippen LogP contribution in [0, 0.1) is 6.92 Å². The summed E-state index contributed by atoms with van der Waals surface area (Å²) in [6.45, 7) is 3.16. The molecule has 0 radical (unpaired) electrons. The van der Waals surface area contributed by atoms with Crippen molar-refractivity contribution in [3.63, 3.8) is 0 Å². The minimum absolute atomic E-state index is 0.0315. The highest BCUT2D eigenvalue weighted by Gasteiger charge is 2.26. The SMILES string of the molecule is Cc1nc(N)sc1C(=O)N1CCCN(C)C(=O)C1. The Balaban J connectivity index is 2.18. The van der Waals surface area contributed by atoms with Crippen molar-refractivity contribution in [1.82, 2.24) is 14.8 Å². The lowest BCUT2D eigenvalue weighted by Gasteiger charge is -2.19. The molecule has 1 aromatic rings. The smallest absolute Gasteiger partial charge is 0.266 e. The van der Waals surface area contributed by atoms with Crippen LogP contribution < -0.4 is 5.73 Å². The zero-order chi connectivity index (χ0) is 13.3. The topological polar surface area (TPSA) is 79.5 Å². The van der Waals surface area contributed by atoms with Crippen molar-refractivity contribution in [1.29, 1.82) is 0 Å². The summed E-state index contributed by atoms with van der Waals surface area (Å²) in [5, 5.41) is 0.383. The number of nitrogens with zero attached hydrogens (tertiary/aromatic N) is 3. The van der Waals surface area contributed by atoms with Crippen LogP contribution in [-0.2, 0) is 4.79 Å². The molecule has 18 heavy (non-hydrogen) atoms. The molecule has 1 aliphatic heterocycles. The maximum Gasteiger partial charge on any atom is 0.266 e. The Kier molecular flexibility index (Phi) is 3.51. The van der Waals surface area contributed by atoms with Crippen LogP contribution in [-0.4, -0.2) is 53.3 Å². The summed E-state index contributed by atoms with van der Waals surface area (Å²) in [5.74, 6) is -0.179. The van der Waals surface area contributed by atoms with Crippen LogP contribution in [0.1, 0.15) is 21.8 Å². The Bertz CT molecular complexity index is 485. The van der Waals surface area contributed by atoms with Gasteiger partial charge in [-0.15, -0.1) is 0 Å². The van der Waals surface area contributed by atoms with Gasteiger partial charge in [0.15, 0.2) is 5.13 Å². The van der Waals surface area contributed by atoms with E-state index in [0.29, 0.717) is 28.8 Å². The Labute approximate surface area is 109 Å². The van der Waals surface area contributed by atoms with Gasteiger partial charge in [-0.05, 0) is 13.3 Å². The molecule has 1 fully saturated rings. The number of nitrogens with two attached hydrogens (primary N) is 1. The molecular weight excluding hydrogens is 252 g/mol. The summed E-state index contributed by atoms with van der Waals surface area (Å²) in [6, 6.07) is 0. The molecule has 2 rings (SSSR count). The number of thiazole rings is 1. The van der Waals surface area contributed by atoms with E-state index in [0.717, 1.165) is 6.42 Å². The third-order valence-corrected chi connectivity index (χ3v) is 3.94. The van der Waals surface area contributed by atoms with Gasteiger partial charge in [-0.3, -0.25) is 9.59 Å². The van der Waals surface area contributed by atoms with E-state index in [2.05, 4.69) is 4.98 Å². The molecule has 2 heterocycles. The van der Waals surface area contributed by atoms with E-state index in [9.17, 15) is 9.59 Å². The summed E-state index contributed by atoms with van der Waals surface area (Å²) >= 11 is 1.18. The summed E-state index contributed by atoms with van der Waals surface area (Å²) < 4.78 is 0. The van der Waals surface area contributed by atoms with Gasteiger partial charge in [0.05, 0.1) is 5.69 Å². The molecular formula is C11H16N4O2S. The average molecular weight is 268 g/mol. The van der Waals surface area contributed by atoms with Crippen molar-refractivity contribution in [3.8, 4) is 0 Å². The lowest BCUT2D eigenvalue weighted by atomic mass is 10.3. The number of aromatic nitrogens is 1. The first-order chi connectivity index (χ1) is 8.49. The molecule has 2 N–H and O–H groups in total. The lowest BCUT2D eigenvalue weighted by Crippen LogP contribution is -2.37. The van der Waals surface area contributed by atoms with Crippen molar-refractivity contribution in [2.45, 2.75) is 13.3 Å². The van der Waals surface area contributed by atoms with Gasteiger partial charge in [0.2, 0.25) is 5.91 Å². The predicted octanol–water partition coefficient (Wildman–Crippen LogP) is 0.338. The summed E-state index contributed by atoms with van der Waals surface area (Å²) in [6.07, 6.45) is 0.793. The van der Waals surface area contributed by atoms with E-state index >= 15 is 0 Å². The second-order valence-electron chi connectivity index (χ2n) is 4.36. The fourth-order valence-electron chi connectivity index (χ4n) is 1.92. The zero-order valence-corrected chi connectivity index (χ0v) is 11.3. The highest BCUT2D eigenvalue weighted by Crippen LogP contribution is 2.22. The molecule has 0 aliphatic carbocycles. The average Bonchev–Trinajstić information content (AvgIpc) is 2.55. The number of carbonyl (C=O) groups is 2. The van der Waals surface area contributed by atoms with E-state index in [1.807, 2.05) is 0 Å². The molecule has 0 saturated carbocycles. The number of anilines is 1. The lowest BCUT2D eigenvalue weighted by molar-refractivity contribution is -0.129. The molecule has 0 aromatic carbocycles. The number of aryl methyl sites for hydroxylation is 1. The minimum atomic E-state index is -0.148. The molecule has 2 amide bonds. The van der Waals surface area contributed by atoms with Crippen LogP contribution in [0.5, 0.6) is 0 Å². The highest BCUT2D eigenvalue weighted by molar-refractivity contribution is 7.17. The molecule has 0 spiro atoms. The van der Waals surface area contributed by atoms with Crippen LogP contribution in [0.15, 0.2) is 0 Å². The van der Waals surface area contributed by atoms with Crippen LogP contribution in [0.2, 0.25) is 0 Å². The Morgan fingerprint density at radius 3 is 2.78 bits per heavy atom. The van der Waals surface area contributed by atoms with Gasteiger partial charge >= 0.3 is 0 Å². The number of hydrogen-bond acceptors (Lipinski definition) is 5. The summed E-state index contributed by atoms with van der Waals surface area (Å²) in [7, 11) is 1.76. The van der Waals surface area contributed by atoms with Gasteiger partial charge in [0.1, 0.15) is 11.4 Å². The summed E-state index contributed by atoms with van der Waals surface area (Å²) in [4.78, 5) is 31.9. The standard InChI is InChI=1S/C11H16N4O2S/c1-7-9(18-11(12)13-7)10(17)15-5-3-4-14(2)8(16)6-15/h3-6H2,1-2H3,(H2,12,13). The first-order valence-electron chi connectivity index (χ1n) is 5.75. The van der Waals surface area contributed by atoms with E-state index in [4.69, 9.17) is 5.73 Å². The van der Waals surface area contributed by atoms with Gasteiger partial charge in [0.25, 0.3) is 5.91 Å². The largest absolute Gasteiger partial charge is 0.375 e. The molecule has 1 saturated heterocycles. The second kappa shape index (κ2) is 4.93. The zero-order valence-electron chi connectivity index (χ0n) is 10.5. The van der Waals surface area contributed by atoms with E-state index < -0.39 is 0 Å². The number of amides is 2. The normalized spacial score (nSPS) is 16.9. The third kappa shape index (κ3) is 2.45. The van der Waals surface area contributed by atoms with Crippen LogP contribution in [0.4, 0.5) is 5.13 Å². The fraction of sp³-hybridized carbons (Fsp3) is 0.545. The fourth-order valence-corrected chi connectivity index (χ4v) is 2.72. The molecule has 98 valence electrons. The van der Waals surface area contributed by atoms with Gasteiger partial charge in [-0.2, -0.15) is 0 Å². The molecule has 0 atom stereocenters. The quantitative estimate of drug-likeness (QED) is 0.796. The monoisotopic (exact) mass is 268 g/mol. The van der Waals surface area contributed by atoms with Gasteiger partial charge in [-0.25, -0.2) is 4.98 Å². The summed E-state index contributed by atoms with van der Waals surface area (Å²) in [5.41, 5.74) is 6.22. The number of hydrogen-bond donors (Lipinski definition) is 1. The molecule has 0 unspecified atom stereocenters. The second-order valence-corrected chi connectivity index (χ2v) is 5.39. The predicted molar refractivity (Wildman–Crippen MR) is 69.4 cm³/mol.